The summed E-state index contributed by atoms with van der Waals surface area (Å²) in [5.41, 5.74) is 5.17. The summed E-state index contributed by atoms with van der Waals surface area (Å²) in [6, 6.07) is 20.7. The zero-order chi connectivity index (χ0) is 25.0. The van der Waals surface area contributed by atoms with E-state index in [-0.39, 0.29) is 16.1 Å². The van der Waals surface area contributed by atoms with E-state index in [4.69, 9.17) is 4.99 Å². The van der Waals surface area contributed by atoms with Crippen molar-refractivity contribution < 1.29 is 10.0 Å². The Morgan fingerprint density at radius 3 is 2.64 bits per heavy atom. The molecule has 0 bridgehead atoms. The van der Waals surface area contributed by atoms with Gasteiger partial charge in [-0.2, -0.15) is 0 Å². The lowest BCUT2D eigenvalue weighted by Gasteiger charge is -2.30. The molecule has 9 heteroatoms. The molecule has 1 aliphatic heterocycles. The third-order valence-electron chi connectivity index (χ3n) is 6.55. The van der Waals surface area contributed by atoms with Crippen molar-refractivity contribution in [3.8, 4) is 5.75 Å². The maximum Gasteiger partial charge on any atom is 0.312 e. The number of halogens is 1. The van der Waals surface area contributed by atoms with E-state index in [2.05, 4.69) is 28.1 Å². The third kappa shape index (κ3) is 3.63. The second-order valence-corrected chi connectivity index (χ2v) is 10.5. The van der Waals surface area contributed by atoms with Crippen LogP contribution in [0.3, 0.4) is 0 Å². The van der Waals surface area contributed by atoms with Crippen molar-refractivity contribution >= 4 is 44.7 Å². The van der Waals surface area contributed by atoms with E-state index in [0.717, 1.165) is 35.2 Å². The Morgan fingerprint density at radius 2 is 1.86 bits per heavy atom. The number of aryl methyl sites for hydroxylation is 1. The summed E-state index contributed by atoms with van der Waals surface area (Å²) in [5.74, 6) is -0.450. The van der Waals surface area contributed by atoms with Crippen molar-refractivity contribution in [3.63, 3.8) is 0 Å². The Bertz CT molecular complexity index is 1770. The van der Waals surface area contributed by atoms with Gasteiger partial charge in [0, 0.05) is 11.6 Å². The zero-order valence-corrected chi connectivity index (χ0v) is 21.1. The number of hydrogen-bond donors (Lipinski definition) is 1. The number of aromatic nitrogens is 1. The number of thiazole rings is 1. The summed E-state index contributed by atoms with van der Waals surface area (Å²) < 4.78 is 2.34. The highest BCUT2D eigenvalue weighted by atomic mass is 79.9. The van der Waals surface area contributed by atoms with Crippen molar-refractivity contribution in [2.75, 3.05) is 0 Å². The minimum Gasteiger partial charge on any atom is -0.501 e. The van der Waals surface area contributed by atoms with Gasteiger partial charge in [0.05, 0.1) is 25.7 Å². The Balaban J connectivity index is 1.61. The van der Waals surface area contributed by atoms with Crippen LogP contribution in [0, 0.1) is 10.1 Å². The molecule has 0 fully saturated rings. The van der Waals surface area contributed by atoms with Crippen molar-refractivity contribution in [2.45, 2.75) is 18.9 Å². The first kappa shape index (κ1) is 22.6. The lowest BCUT2D eigenvalue weighted by atomic mass is 9.83. The van der Waals surface area contributed by atoms with Crippen molar-refractivity contribution in [2.24, 2.45) is 4.99 Å². The molecular formula is C27H18BrN3O4S. The summed E-state index contributed by atoms with van der Waals surface area (Å²) in [7, 11) is 0. The second kappa shape index (κ2) is 8.69. The average Bonchev–Trinajstić information content (AvgIpc) is 3.19. The van der Waals surface area contributed by atoms with Crippen LogP contribution in [0.15, 0.2) is 86.6 Å². The van der Waals surface area contributed by atoms with Crippen LogP contribution >= 0.6 is 27.3 Å². The molecule has 0 radical (unpaired) electrons. The zero-order valence-electron chi connectivity index (χ0n) is 18.7. The molecule has 2 aliphatic rings. The van der Waals surface area contributed by atoms with Gasteiger partial charge in [0.2, 0.25) is 5.75 Å². The van der Waals surface area contributed by atoms with E-state index >= 15 is 0 Å². The molecule has 1 atom stereocenters. The van der Waals surface area contributed by atoms with Crippen LogP contribution in [0.1, 0.15) is 34.7 Å². The maximum atomic E-state index is 13.8. The molecule has 0 saturated heterocycles. The molecule has 7 nitrogen and oxygen atoms in total. The van der Waals surface area contributed by atoms with Gasteiger partial charge in [0.25, 0.3) is 5.56 Å². The largest absolute Gasteiger partial charge is 0.501 e. The Hall–Kier alpha value is -3.82. The number of benzene rings is 3. The van der Waals surface area contributed by atoms with Crippen LogP contribution in [0.2, 0.25) is 0 Å². The molecule has 0 spiro atoms. The maximum absolute atomic E-state index is 13.8. The second-order valence-electron chi connectivity index (χ2n) is 8.65. The highest BCUT2D eigenvalue weighted by Crippen LogP contribution is 2.41. The number of nitrogens with zero attached hydrogens (tertiary/aromatic N) is 3. The standard InChI is InChI=1S/C27H18BrN3O4S/c28-20-12-15(13-21(25(20)32)31(34)35)14-22-26(33)30-24(17-7-2-1-3-8-17)19-11-10-16-6-4-5-9-18(16)23(19)29-27(30)36-22/h1-9,12-14,24,32H,10-11H2. The number of rotatable bonds is 3. The molecule has 1 aromatic heterocycles. The van der Waals surface area contributed by atoms with Crippen LogP contribution in [0.25, 0.3) is 11.8 Å². The first-order chi connectivity index (χ1) is 17.4. The van der Waals surface area contributed by atoms with Gasteiger partial charge in [-0.1, -0.05) is 65.9 Å². The summed E-state index contributed by atoms with van der Waals surface area (Å²) in [6.07, 6.45) is 3.29. The van der Waals surface area contributed by atoms with E-state index < -0.39 is 16.4 Å². The van der Waals surface area contributed by atoms with E-state index in [1.54, 1.807) is 16.7 Å². The predicted octanol–water partition coefficient (Wildman–Crippen LogP) is 4.70. The molecular weight excluding hydrogens is 542 g/mol. The van der Waals surface area contributed by atoms with Crippen molar-refractivity contribution in [1.29, 1.82) is 0 Å². The number of phenolic OH excluding ortho intramolecular Hbond substituents is 1. The number of aromatic hydroxyl groups is 1. The topological polar surface area (TPSA) is 97.7 Å². The van der Waals surface area contributed by atoms with Gasteiger partial charge in [0.1, 0.15) is 0 Å². The van der Waals surface area contributed by atoms with Crippen LogP contribution in [0.4, 0.5) is 5.69 Å². The fourth-order valence-electron chi connectivity index (χ4n) is 4.94. The molecule has 0 amide bonds. The summed E-state index contributed by atoms with van der Waals surface area (Å²) >= 11 is 4.43. The van der Waals surface area contributed by atoms with Gasteiger partial charge in [-0.25, -0.2) is 4.99 Å². The molecule has 1 aliphatic carbocycles. The van der Waals surface area contributed by atoms with Crippen LogP contribution in [-0.4, -0.2) is 14.6 Å². The number of allylic oxidation sites excluding steroid dienone is 1. The lowest BCUT2D eigenvalue weighted by Crippen LogP contribution is -2.38. The van der Waals surface area contributed by atoms with E-state index in [0.29, 0.717) is 14.9 Å². The number of fused-ring (bicyclic) bond motifs is 3. The Labute approximate surface area is 217 Å². The number of hydrogen-bond acceptors (Lipinski definition) is 6. The third-order valence-corrected chi connectivity index (χ3v) is 8.14. The van der Waals surface area contributed by atoms with Gasteiger partial charge in [-0.15, -0.1) is 0 Å². The van der Waals surface area contributed by atoms with Gasteiger partial charge >= 0.3 is 5.69 Å². The highest BCUT2D eigenvalue weighted by Gasteiger charge is 2.32. The quantitative estimate of drug-likeness (QED) is 0.290. The van der Waals surface area contributed by atoms with Crippen molar-refractivity contribution in [3.05, 3.63) is 129 Å². The Kier molecular flexibility index (Phi) is 5.46. The minimum absolute atomic E-state index is 0.185. The highest BCUT2D eigenvalue weighted by molar-refractivity contribution is 9.10. The average molecular weight is 560 g/mol. The number of nitro groups is 1. The lowest BCUT2D eigenvalue weighted by molar-refractivity contribution is -0.386. The monoisotopic (exact) mass is 559 g/mol. The fraction of sp³-hybridized carbons (Fsp3) is 0.111. The molecule has 0 saturated carbocycles. The first-order valence-electron chi connectivity index (χ1n) is 11.3. The molecule has 1 N–H and O–H groups in total. The molecule has 6 rings (SSSR count). The van der Waals surface area contributed by atoms with E-state index in [9.17, 15) is 20.0 Å². The predicted molar refractivity (Wildman–Crippen MR) is 142 cm³/mol. The summed E-state index contributed by atoms with van der Waals surface area (Å²) in [6.45, 7) is 0. The van der Waals surface area contributed by atoms with Crippen LogP contribution in [-0.2, 0) is 6.42 Å². The van der Waals surface area contributed by atoms with Crippen LogP contribution in [0.5, 0.6) is 5.75 Å². The molecule has 36 heavy (non-hydrogen) atoms. The van der Waals surface area contributed by atoms with Crippen molar-refractivity contribution in [1.82, 2.24) is 4.57 Å². The van der Waals surface area contributed by atoms with Gasteiger partial charge in [-0.3, -0.25) is 19.5 Å². The molecule has 4 aromatic rings. The molecule has 178 valence electrons. The minimum atomic E-state index is -0.653. The summed E-state index contributed by atoms with van der Waals surface area (Å²) in [5, 5.41) is 21.4. The van der Waals surface area contributed by atoms with Gasteiger partial charge in [0.15, 0.2) is 4.80 Å². The number of nitro benzene ring substituents is 1. The fourth-order valence-corrected chi connectivity index (χ4v) is 6.40. The Morgan fingerprint density at radius 1 is 1.11 bits per heavy atom. The SMILES string of the molecule is O=c1c(=Cc2cc(Br)c(O)c([N+](=O)[O-])c2)sc2n1C(c1ccccc1)C1=C(N=2)c2ccccc2CC1. The molecule has 3 aromatic carbocycles. The normalized spacial score (nSPS) is 16.7. The van der Waals surface area contributed by atoms with Crippen LogP contribution < -0.4 is 14.9 Å². The van der Waals surface area contributed by atoms with E-state index in [1.165, 1.54) is 23.0 Å². The first-order valence-corrected chi connectivity index (χ1v) is 12.9. The summed E-state index contributed by atoms with van der Waals surface area (Å²) in [4.78, 5) is 30.0. The smallest absolute Gasteiger partial charge is 0.312 e. The molecule has 2 heterocycles. The number of phenols is 1. The van der Waals surface area contributed by atoms with E-state index in [1.807, 2.05) is 42.5 Å². The van der Waals surface area contributed by atoms with Gasteiger partial charge in [-0.05, 0) is 63.2 Å². The van der Waals surface area contributed by atoms with Gasteiger partial charge < -0.3 is 5.11 Å². The molecule has 1 unspecified atom stereocenters.